The minimum atomic E-state index is -0.598. The molecule has 4 amide bonds. The molecule has 2 aromatic rings. The summed E-state index contributed by atoms with van der Waals surface area (Å²) in [5.74, 6) is -1.28. The Morgan fingerprint density at radius 3 is 2.38 bits per heavy atom. The molecule has 0 spiro atoms. The van der Waals surface area contributed by atoms with E-state index in [1.54, 1.807) is 51.1 Å². The predicted molar refractivity (Wildman–Crippen MR) is 107 cm³/mol. The number of imide groups is 1. The number of anilines is 2. The Morgan fingerprint density at radius 1 is 1.00 bits per heavy atom. The average molecular weight is 395 g/mol. The van der Waals surface area contributed by atoms with Gasteiger partial charge in [-0.05, 0) is 51.1 Å². The lowest BCUT2D eigenvalue weighted by Crippen LogP contribution is -2.35. The molecule has 0 aliphatic carbocycles. The standard InChI is InChI=1S/C21H21N3O5/c1-4-29-20(27)15-7-5-6-8-17(15)23-21(28)22-13-9-10-14-16(11-13)19(26)24(12(2)3)18(14)25/h5-12H,4H2,1-3H3,(H2,22,23,28). The van der Waals surface area contributed by atoms with Gasteiger partial charge in [-0.15, -0.1) is 0 Å². The fourth-order valence-electron chi connectivity index (χ4n) is 3.07. The minimum absolute atomic E-state index is 0.217. The largest absolute Gasteiger partial charge is 0.462 e. The molecule has 0 aromatic heterocycles. The van der Waals surface area contributed by atoms with Crippen molar-refractivity contribution in [2.45, 2.75) is 26.8 Å². The summed E-state index contributed by atoms with van der Waals surface area (Å²) in [6.45, 7) is 5.43. The summed E-state index contributed by atoms with van der Waals surface area (Å²) in [4.78, 5) is 50.4. The first-order valence-corrected chi connectivity index (χ1v) is 9.19. The van der Waals surface area contributed by atoms with Gasteiger partial charge in [-0.1, -0.05) is 12.1 Å². The molecule has 150 valence electrons. The third-order valence-electron chi connectivity index (χ3n) is 4.36. The van der Waals surface area contributed by atoms with E-state index in [2.05, 4.69) is 10.6 Å². The summed E-state index contributed by atoms with van der Waals surface area (Å²) in [6, 6.07) is 10.1. The Bertz CT molecular complexity index is 1000. The van der Waals surface area contributed by atoms with Crippen LogP contribution in [0.2, 0.25) is 0 Å². The fourth-order valence-corrected chi connectivity index (χ4v) is 3.07. The number of benzene rings is 2. The van der Waals surface area contributed by atoms with Crippen LogP contribution in [0.5, 0.6) is 0 Å². The van der Waals surface area contributed by atoms with E-state index in [4.69, 9.17) is 4.74 Å². The van der Waals surface area contributed by atoms with Crippen molar-refractivity contribution in [3.8, 4) is 0 Å². The summed E-state index contributed by atoms with van der Waals surface area (Å²) in [5, 5.41) is 5.21. The van der Waals surface area contributed by atoms with Crippen LogP contribution in [0.15, 0.2) is 42.5 Å². The van der Waals surface area contributed by atoms with Gasteiger partial charge in [0, 0.05) is 11.7 Å². The normalized spacial score (nSPS) is 12.8. The smallest absolute Gasteiger partial charge is 0.340 e. The van der Waals surface area contributed by atoms with Gasteiger partial charge in [-0.3, -0.25) is 14.5 Å². The molecule has 1 aliphatic rings. The third kappa shape index (κ3) is 3.96. The van der Waals surface area contributed by atoms with Gasteiger partial charge in [0.25, 0.3) is 11.8 Å². The van der Waals surface area contributed by atoms with Crippen molar-refractivity contribution < 1.29 is 23.9 Å². The maximum atomic E-state index is 12.5. The summed E-state index contributed by atoms with van der Waals surface area (Å²) in [6.07, 6.45) is 0. The van der Waals surface area contributed by atoms with E-state index >= 15 is 0 Å². The fraction of sp³-hybridized carbons (Fsp3) is 0.238. The number of fused-ring (bicyclic) bond motifs is 1. The highest BCUT2D eigenvalue weighted by Crippen LogP contribution is 2.27. The van der Waals surface area contributed by atoms with Gasteiger partial charge < -0.3 is 15.4 Å². The number of hydrogen-bond acceptors (Lipinski definition) is 5. The zero-order chi connectivity index (χ0) is 21.1. The number of hydrogen-bond donors (Lipinski definition) is 2. The third-order valence-corrected chi connectivity index (χ3v) is 4.36. The van der Waals surface area contributed by atoms with Gasteiger partial charge in [-0.25, -0.2) is 9.59 Å². The summed E-state index contributed by atoms with van der Waals surface area (Å²) in [7, 11) is 0. The molecule has 8 nitrogen and oxygen atoms in total. The second-order valence-electron chi connectivity index (χ2n) is 6.68. The van der Waals surface area contributed by atoms with Gasteiger partial charge in [0.1, 0.15) is 0 Å². The summed E-state index contributed by atoms with van der Waals surface area (Å²) in [5.41, 5.74) is 1.42. The molecule has 2 aromatic carbocycles. The van der Waals surface area contributed by atoms with E-state index in [1.165, 1.54) is 17.0 Å². The number of para-hydroxylation sites is 1. The topological polar surface area (TPSA) is 105 Å². The van der Waals surface area contributed by atoms with Gasteiger partial charge in [0.2, 0.25) is 0 Å². The van der Waals surface area contributed by atoms with Crippen molar-refractivity contribution in [1.29, 1.82) is 0 Å². The Labute approximate surface area is 167 Å². The van der Waals surface area contributed by atoms with E-state index in [0.29, 0.717) is 16.9 Å². The highest BCUT2D eigenvalue weighted by Gasteiger charge is 2.37. The zero-order valence-electron chi connectivity index (χ0n) is 16.3. The van der Waals surface area contributed by atoms with Crippen LogP contribution in [0, 0.1) is 0 Å². The van der Waals surface area contributed by atoms with Crippen LogP contribution in [0.25, 0.3) is 0 Å². The second-order valence-corrected chi connectivity index (χ2v) is 6.68. The predicted octanol–water partition coefficient (Wildman–Crippen LogP) is 3.51. The summed E-state index contributed by atoms with van der Waals surface area (Å²) >= 11 is 0. The molecule has 0 saturated heterocycles. The SMILES string of the molecule is CCOC(=O)c1ccccc1NC(=O)Nc1ccc2c(c1)C(=O)N(C(C)C)C2=O. The van der Waals surface area contributed by atoms with Crippen molar-refractivity contribution in [2.75, 3.05) is 17.2 Å². The lowest BCUT2D eigenvalue weighted by molar-refractivity contribution is 0.0525. The Kier molecular flexibility index (Phi) is 5.63. The molecule has 0 radical (unpaired) electrons. The number of ether oxygens (including phenoxy) is 1. The Hall–Kier alpha value is -3.68. The number of carbonyl (C=O) groups excluding carboxylic acids is 4. The van der Waals surface area contributed by atoms with E-state index in [9.17, 15) is 19.2 Å². The van der Waals surface area contributed by atoms with Crippen LogP contribution in [0.4, 0.5) is 16.2 Å². The highest BCUT2D eigenvalue weighted by molar-refractivity contribution is 6.22. The molecule has 0 atom stereocenters. The number of nitrogens with one attached hydrogen (secondary N) is 2. The highest BCUT2D eigenvalue weighted by atomic mass is 16.5. The molecule has 2 N–H and O–H groups in total. The first-order valence-electron chi connectivity index (χ1n) is 9.19. The van der Waals surface area contributed by atoms with E-state index in [1.807, 2.05) is 0 Å². The van der Waals surface area contributed by atoms with E-state index in [-0.39, 0.29) is 29.7 Å². The van der Waals surface area contributed by atoms with Gasteiger partial charge in [0.15, 0.2) is 0 Å². The molecule has 0 fully saturated rings. The molecule has 3 rings (SSSR count). The van der Waals surface area contributed by atoms with Crippen molar-refractivity contribution in [3.05, 3.63) is 59.2 Å². The average Bonchev–Trinajstić information content (AvgIpc) is 2.92. The van der Waals surface area contributed by atoms with Gasteiger partial charge >= 0.3 is 12.0 Å². The monoisotopic (exact) mass is 395 g/mol. The van der Waals surface area contributed by atoms with Crippen molar-refractivity contribution in [2.24, 2.45) is 0 Å². The summed E-state index contributed by atoms with van der Waals surface area (Å²) < 4.78 is 4.99. The van der Waals surface area contributed by atoms with Crippen molar-refractivity contribution in [1.82, 2.24) is 4.90 Å². The first-order chi connectivity index (χ1) is 13.8. The first kappa shape index (κ1) is 20.1. The number of amides is 4. The number of urea groups is 1. The minimum Gasteiger partial charge on any atom is -0.462 e. The van der Waals surface area contributed by atoms with Crippen LogP contribution >= 0.6 is 0 Å². The molecule has 0 saturated carbocycles. The molecular formula is C21H21N3O5. The molecule has 0 unspecified atom stereocenters. The zero-order valence-corrected chi connectivity index (χ0v) is 16.3. The number of rotatable bonds is 5. The van der Waals surface area contributed by atoms with Crippen LogP contribution < -0.4 is 10.6 Å². The van der Waals surface area contributed by atoms with Crippen LogP contribution in [0.3, 0.4) is 0 Å². The van der Waals surface area contributed by atoms with Crippen LogP contribution in [-0.2, 0) is 4.74 Å². The lowest BCUT2D eigenvalue weighted by Gasteiger charge is -2.17. The van der Waals surface area contributed by atoms with E-state index in [0.717, 1.165) is 0 Å². The van der Waals surface area contributed by atoms with Crippen molar-refractivity contribution >= 4 is 35.2 Å². The van der Waals surface area contributed by atoms with Gasteiger partial charge in [0.05, 0.1) is 29.0 Å². The maximum Gasteiger partial charge on any atom is 0.340 e. The van der Waals surface area contributed by atoms with Crippen molar-refractivity contribution in [3.63, 3.8) is 0 Å². The molecule has 8 heteroatoms. The quantitative estimate of drug-likeness (QED) is 0.595. The van der Waals surface area contributed by atoms with E-state index < -0.39 is 17.9 Å². The maximum absolute atomic E-state index is 12.5. The lowest BCUT2D eigenvalue weighted by atomic mass is 10.1. The number of carbonyl (C=O) groups is 4. The number of esters is 1. The van der Waals surface area contributed by atoms with Crippen LogP contribution in [0.1, 0.15) is 51.8 Å². The molecular weight excluding hydrogens is 374 g/mol. The van der Waals surface area contributed by atoms with Crippen LogP contribution in [-0.4, -0.2) is 41.4 Å². The Morgan fingerprint density at radius 2 is 1.69 bits per heavy atom. The molecule has 1 aliphatic heterocycles. The second kappa shape index (κ2) is 8.14. The molecule has 1 heterocycles. The van der Waals surface area contributed by atoms with Gasteiger partial charge in [-0.2, -0.15) is 0 Å². The molecule has 29 heavy (non-hydrogen) atoms. The molecule has 0 bridgehead atoms. The number of nitrogens with zero attached hydrogens (tertiary/aromatic N) is 1. The Balaban J connectivity index is 1.77.